The zero-order valence-electron chi connectivity index (χ0n) is 56.8. The number of carbonyl (C=O) groups excluding carboxylic acids is 1. The standard InChI is InChI=1S/C72H135NO18/c1-3-5-7-9-11-13-15-17-18-19-20-21-22-23-24-25-26-27-28-29-30-31-32-33-34-35-36-38-39-41-43-45-47-49-56(77)55(73-60(78)50-48-46-44-42-40-37-16-14-12-10-8-6-4-2)54-86-70-66(84)63(81)68(58(52-75)88-70)91-72-67(85)64(82)69(59(53-76)89-72)90-71-65(83)62(80)61(79)57(51-74)87-71/h8,10,14,16,55-59,61-72,74-77,79-85H,3-7,9,11-13,15,17-54H2,1-2H3,(H,73,78)/b10-8-,16-14-. The van der Waals surface area contributed by atoms with Gasteiger partial charge in [-0.05, 0) is 38.5 Å². The van der Waals surface area contributed by atoms with Crippen molar-refractivity contribution in [3.8, 4) is 0 Å². The van der Waals surface area contributed by atoms with Crippen LogP contribution < -0.4 is 5.32 Å². The zero-order chi connectivity index (χ0) is 66.1. The van der Waals surface area contributed by atoms with Gasteiger partial charge in [-0.1, -0.05) is 276 Å². The van der Waals surface area contributed by atoms with Crippen molar-refractivity contribution in [2.75, 3.05) is 26.4 Å². The van der Waals surface area contributed by atoms with Crippen molar-refractivity contribution in [2.45, 2.75) is 401 Å². The first kappa shape index (κ1) is 83.5. The molecule has 0 radical (unpaired) electrons. The van der Waals surface area contributed by atoms with Gasteiger partial charge in [0.25, 0.3) is 0 Å². The zero-order valence-corrected chi connectivity index (χ0v) is 56.8. The highest BCUT2D eigenvalue weighted by Gasteiger charge is 2.53. The summed E-state index contributed by atoms with van der Waals surface area (Å²) in [7, 11) is 0. The van der Waals surface area contributed by atoms with Crippen molar-refractivity contribution in [1.29, 1.82) is 0 Å². The SMILES string of the molecule is CCC/C=C\C/C=C\CCCCCCCC(=O)NC(COC1OC(CO)C(OC2OC(CO)C(OC3OC(CO)C(O)C(O)C3O)C(O)C2O)C(O)C1O)C(O)CCCCCCCCCCCCCCCCCCCCCCCCCCCCCCCCCCC. The molecule has 0 aromatic rings. The first-order valence-electron chi connectivity index (χ1n) is 37.1. The minimum Gasteiger partial charge on any atom is -0.394 e. The van der Waals surface area contributed by atoms with Crippen LogP contribution in [0.2, 0.25) is 0 Å². The maximum absolute atomic E-state index is 13.4. The molecule has 19 nitrogen and oxygen atoms in total. The number of carbonyl (C=O) groups is 1. The largest absolute Gasteiger partial charge is 0.394 e. The Morgan fingerprint density at radius 2 is 0.747 bits per heavy atom. The summed E-state index contributed by atoms with van der Waals surface area (Å²) in [4.78, 5) is 13.4. The number of aliphatic hydroxyl groups excluding tert-OH is 11. The minimum atomic E-state index is -1.97. The summed E-state index contributed by atoms with van der Waals surface area (Å²) in [5.74, 6) is -0.255. The van der Waals surface area contributed by atoms with E-state index in [1.165, 1.54) is 186 Å². The summed E-state index contributed by atoms with van der Waals surface area (Å²) < 4.78 is 34.4. The number of unbranched alkanes of at least 4 members (excludes halogenated alkanes) is 38. The van der Waals surface area contributed by atoms with Gasteiger partial charge in [0.15, 0.2) is 18.9 Å². The molecule has 0 spiro atoms. The molecule has 0 aromatic carbocycles. The van der Waals surface area contributed by atoms with Crippen LogP contribution in [0.5, 0.6) is 0 Å². The van der Waals surface area contributed by atoms with Crippen molar-refractivity contribution in [3.63, 3.8) is 0 Å². The number of ether oxygens (including phenoxy) is 6. The number of hydrogen-bond acceptors (Lipinski definition) is 18. The van der Waals surface area contributed by atoms with Gasteiger partial charge in [-0.15, -0.1) is 0 Å². The van der Waals surface area contributed by atoms with Gasteiger partial charge in [0.1, 0.15) is 73.2 Å². The van der Waals surface area contributed by atoms with Crippen LogP contribution in [0.1, 0.15) is 296 Å². The number of amides is 1. The second-order valence-corrected chi connectivity index (χ2v) is 26.8. The fourth-order valence-electron chi connectivity index (χ4n) is 12.8. The second kappa shape index (κ2) is 54.3. The predicted octanol–water partition coefficient (Wildman–Crippen LogP) is 10.6. The van der Waals surface area contributed by atoms with E-state index in [9.17, 15) is 61.0 Å². The number of aliphatic hydroxyl groups is 11. The molecule has 3 heterocycles. The van der Waals surface area contributed by atoms with E-state index < -0.39 is 124 Å². The fraction of sp³-hybridized carbons (Fsp3) is 0.931. The van der Waals surface area contributed by atoms with E-state index in [1.54, 1.807) is 0 Å². The van der Waals surface area contributed by atoms with Gasteiger partial charge in [-0.25, -0.2) is 0 Å². The molecule has 3 aliphatic rings. The Bertz CT molecular complexity index is 1750. The quantitative estimate of drug-likeness (QED) is 0.0199. The lowest BCUT2D eigenvalue weighted by atomic mass is 9.96. The maximum atomic E-state index is 13.4. The van der Waals surface area contributed by atoms with Gasteiger partial charge in [-0.2, -0.15) is 0 Å². The molecule has 3 fully saturated rings. The summed E-state index contributed by atoms with van der Waals surface area (Å²) in [5.41, 5.74) is 0. The van der Waals surface area contributed by atoms with Crippen molar-refractivity contribution < 1.29 is 89.4 Å². The van der Waals surface area contributed by atoms with Crippen LogP contribution in [0.25, 0.3) is 0 Å². The smallest absolute Gasteiger partial charge is 0.220 e. The van der Waals surface area contributed by atoms with Gasteiger partial charge in [0.2, 0.25) is 5.91 Å². The molecule has 91 heavy (non-hydrogen) atoms. The van der Waals surface area contributed by atoms with Crippen molar-refractivity contribution in [2.24, 2.45) is 0 Å². The molecule has 536 valence electrons. The molecule has 17 atom stereocenters. The third-order valence-corrected chi connectivity index (χ3v) is 18.8. The number of rotatable bonds is 58. The monoisotopic (exact) mass is 1300 g/mol. The lowest BCUT2D eigenvalue weighted by Gasteiger charge is -2.48. The predicted molar refractivity (Wildman–Crippen MR) is 356 cm³/mol. The summed E-state index contributed by atoms with van der Waals surface area (Å²) in [6, 6.07) is -0.894. The average Bonchev–Trinajstić information content (AvgIpc) is 0.877. The molecule has 3 saturated heterocycles. The highest BCUT2D eigenvalue weighted by atomic mass is 16.8. The molecule has 19 heteroatoms. The first-order valence-corrected chi connectivity index (χ1v) is 37.1. The lowest BCUT2D eigenvalue weighted by molar-refractivity contribution is -0.379. The van der Waals surface area contributed by atoms with Gasteiger partial charge in [-0.3, -0.25) is 4.79 Å². The Kier molecular flexibility index (Phi) is 49.8. The summed E-state index contributed by atoms with van der Waals surface area (Å²) in [5, 5.41) is 121. The molecule has 0 saturated carbocycles. The molecule has 3 rings (SSSR count). The van der Waals surface area contributed by atoms with Crippen LogP contribution in [-0.2, 0) is 33.2 Å². The fourth-order valence-corrected chi connectivity index (χ4v) is 12.8. The van der Waals surface area contributed by atoms with Gasteiger partial charge < -0.3 is 89.9 Å². The van der Waals surface area contributed by atoms with E-state index in [1.807, 2.05) is 0 Å². The normalized spacial score (nSPS) is 27.9. The molecular weight excluding hydrogens is 1170 g/mol. The Balaban J connectivity index is 1.34. The highest BCUT2D eigenvalue weighted by molar-refractivity contribution is 5.76. The van der Waals surface area contributed by atoms with Gasteiger partial charge in [0, 0.05) is 6.42 Å². The van der Waals surface area contributed by atoms with Gasteiger partial charge in [0.05, 0.1) is 38.6 Å². The molecule has 0 aliphatic carbocycles. The van der Waals surface area contributed by atoms with Crippen molar-refractivity contribution in [3.05, 3.63) is 24.3 Å². The molecule has 0 bridgehead atoms. The van der Waals surface area contributed by atoms with Crippen LogP contribution in [0.3, 0.4) is 0 Å². The molecule has 1 amide bonds. The van der Waals surface area contributed by atoms with Crippen LogP contribution in [0.4, 0.5) is 0 Å². The Morgan fingerprint density at radius 1 is 0.396 bits per heavy atom. The summed E-state index contributed by atoms with van der Waals surface area (Å²) in [6.45, 7) is 1.75. The summed E-state index contributed by atoms with van der Waals surface area (Å²) >= 11 is 0. The highest BCUT2D eigenvalue weighted by Crippen LogP contribution is 2.33. The number of hydrogen-bond donors (Lipinski definition) is 12. The van der Waals surface area contributed by atoms with E-state index in [0.717, 1.165) is 77.0 Å². The molecule has 12 N–H and O–H groups in total. The third kappa shape index (κ3) is 35.9. The van der Waals surface area contributed by atoms with Crippen LogP contribution in [0, 0.1) is 0 Å². The third-order valence-electron chi connectivity index (χ3n) is 18.8. The summed E-state index contributed by atoms with van der Waals surface area (Å²) in [6.07, 6.45) is 35.8. The molecule has 17 unspecified atom stereocenters. The van der Waals surface area contributed by atoms with E-state index in [2.05, 4.69) is 43.5 Å². The average molecular weight is 1300 g/mol. The molecule has 3 aliphatic heterocycles. The Morgan fingerprint density at radius 3 is 1.16 bits per heavy atom. The van der Waals surface area contributed by atoms with Crippen LogP contribution in [-0.4, -0.2) is 193 Å². The van der Waals surface area contributed by atoms with E-state index >= 15 is 0 Å². The lowest BCUT2D eigenvalue weighted by Crippen LogP contribution is -2.66. The molecular formula is C72H135NO18. The van der Waals surface area contributed by atoms with Crippen LogP contribution >= 0.6 is 0 Å². The van der Waals surface area contributed by atoms with Crippen molar-refractivity contribution in [1.82, 2.24) is 5.32 Å². The van der Waals surface area contributed by atoms with Crippen LogP contribution in [0.15, 0.2) is 24.3 Å². The maximum Gasteiger partial charge on any atom is 0.220 e. The Labute approximate surface area is 549 Å². The second-order valence-electron chi connectivity index (χ2n) is 26.8. The Hall–Kier alpha value is -1.73. The first-order chi connectivity index (χ1) is 44.3. The van der Waals surface area contributed by atoms with Crippen molar-refractivity contribution >= 4 is 5.91 Å². The number of allylic oxidation sites excluding steroid dienone is 4. The minimum absolute atomic E-state index is 0.251. The number of nitrogens with one attached hydrogen (secondary N) is 1. The van der Waals surface area contributed by atoms with Gasteiger partial charge >= 0.3 is 0 Å². The van der Waals surface area contributed by atoms with E-state index in [4.69, 9.17) is 28.4 Å². The molecule has 0 aromatic heterocycles. The van der Waals surface area contributed by atoms with E-state index in [-0.39, 0.29) is 18.9 Å². The van der Waals surface area contributed by atoms with E-state index in [0.29, 0.717) is 12.8 Å². The topological polar surface area (TPSA) is 307 Å².